The normalized spacial score (nSPS) is 18.2. The number of hydrogen-bond donors (Lipinski definition) is 0. The highest BCUT2D eigenvalue weighted by molar-refractivity contribution is 7.93. The van der Waals surface area contributed by atoms with Crippen LogP contribution in [0.5, 0.6) is 0 Å². The Hall–Kier alpha value is -2.96. The highest BCUT2D eigenvalue weighted by Crippen LogP contribution is 2.41. The van der Waals surface area contributed by atoms with Crippen LogP contribution in [0.1, 0.15) is 11.5 Å². The van der Waals surface area contributed by atoms with Crippen LogP contribution in [0.25, 0.3) is 10.8 Å². The number of carbonyl (C=O) groups excluding carboxylic acids is 1. The van der Waals surface area contributed by atoms with E-state index in [4.69, 9.17) is 4.52 Å². The van der Waals surface area contributed by atoms with Gasteiger partial charge in [0.1, 0.15) is 17.1 Å². The van der Waals surface area contributed by atoms with Gasteiger partial charge in [-0.15, -0.1) is 0 Å². The molecule has 12 heteroatoms. The number of piperazine rings is 1. The third-order valence-electron chi connectivity index (χ3n) is 6.12. The molecule has 0 aliphatic carbocycles. The molecule has 2 aromatic carbocycles. The van der Waals surface area contributed by atoms with Gasteiger partial charge in [0.05, 0.1) is 10.6 Å². The molecule has 1 fully saturated rings. The Labute approximate surface area is 191 Å². The van der Waals surface area contributed by atoms with E-state index in [1.165, 1.54) is 9.21 Å². The molecule has 3 aromatic rings. The largest absolute Gasteiger partial charge is 0.360 e. The van der Waals surface area contributed by atoms with Gasteiger partial charge in [0.2, 0.25) is 15.9 Å². The first-order valence-electron chi connectivity index (χ1n) is 10.4. The quantitative estimate of drug-likeness (QED) is 0.543. The zero-order chi connectivity index (χ0) is 23.5. The van der Waals surface area contributed by atoms with E-state index in [1.54, 1.807) is 38.1 Å². The zero-order valence-electron chi connectivity index (χ0n) is 18.1. The Bertz CT molecular complexity index is 1460. The predicted molar refractivity (Wildman–Crippen MR) is 120 cm³/mol. The van der Waals surface area contributed by atoms with Crippen molar-refractivity contribution in [3.63, 3.8) is 0 Å². The van der Waals surface area contributed by atoms with Gasteiger partial charge < -0.3 is 9.42 Å². The third-order valence-corrected chi connectivity index (χ3v) is 10.1. The molecule has 0 spiro atoms. The number of aryl methyl sites for hydroxylation is 2. The summed E-state index contributed by atoms with van der Waals surface area (Å²) in [5.41, 5.74) is 0.773. The lowest BCUT2D eigenvalue weighted by Gasteiger charge is -2.34. The molecule has 0 bridgehead atoms. The van der Waals surface area contributed by atoms with E-state index >= 15 is 0 Å². The fourth-order valence-electron chi connectivity index (χ4n) is 4.50. The van der Waals surface area contributed by atoms with E-state index < -0.39 is 20.0 Å². The van der Waals surface area contributed by atoms with E-state index in [-0.39, 0.29) is 54.2 Å². The number of nitrogens with zero attached hydrogens (tertiary/aromatic N) is 4. The predicted octanol–water partition coefficient (Wildman–Crippen LogP) is 1.49. The number of amides is 1. The van der Waals surface area contributed by atoms with Crippen molar-refractivity contribution in [1.29, 1.82) is 0 Å². The van der Waals surface area contributed by atoms with Crippen LogP contribution in [0.3, 0.4) is 0 Å². The fraction of sp³-hybridized carbons (Fsp3) is 0.333. The minimum Gasteiger partial charge on any atom is -0.360 e. The SMILES string of the molecule is Cc1noc(C)c1S(=O)(=O)N1CCN(C(=O)CN2c3cccc4cccc(c34)S2(=O)=O)CC1. The third kappa shape index (κ3) is 3.31. The van der Waals surface area contributed by atoms with Crippen LogP contribution in [0, 0.1) is 13.8 Å². The summed E-state index contributed by atoms with van der Waals surface area (Å²) >= 11 is 0. The number of hydrogen-bond acceptors (Lipinski definition) is 7. The highest BCUT2D eigenvalue weighted by Gasteiger charge is 2.39. The summed E-state index contributed by atoms with van der Waals surface area (Å²) in [4.78, 5) is 14.8. The molecular weight excluding hydrogens is 468 g/mol. The first kappa shape index (κ1) is 21.9. The summed E-state index contributed by atoms with van der Waals surface area (Å²) in [5, 5.41) is 5.12. The number of rotatable bonds is 4. The van der Waals surface area contributed by atoms with E-state index in [1.807, 2.05) is 12.1 Å². The molecule has 33 heavy (non-hydrogen) atoms. The Morgan fingerprint density at radius 3 is 2.36 bits per heavy atom. The van der Waals surface area contributed by atoms with Crippen molar-refractivity contribution in [3.05, 3.63) is 47.9 Å². The summed E-state index contributed by atoms with van der Waals surface area (Å²) in [6.07, 6.45) is 0. The summed E-state index contributed by atoms with van der Waals surface area (Å²) in [6, 6.07) is 10.4. The minimum atomic E-state index is -3.84. The summed E-state index contributed by atoms with van der Waals surface area (Å²) < 4.78 is 59.7. The van der Waals surface area contributed by atoms with Crippen LogP contribution in [0.15, 0.2) is 50.7 Å². The lowest BCUT2D eigenvalue weighted by Crippen LogP contribution is -2.52. The monoisotopic (exact) mass is 490 g/mol. The number of aromatic nitrogens is 1. The molecule has 5 rings (SSSR count). The van der Waals surface area contributed by atoms with Gasteiger partial charge in [-0.2, -0.15) is 4.31 Å². The lowest BCUT2D eigenvalue weighted by molar-refractivity contribution is -0.130. The summed E-state index contributed by atoms with van der Waals surface area (Å²) in [7, 11) is -7.64. The first-order valence-corrected chi connectivity index (χ1v) is 13.3. The molecule has 1 saturated heterocycles. The topological polar surface area (TPSA) is 121 Å². The van der Waals surface area contributed by atoms with Gasteiger partial charge in [-0.05, 0) is 31.4 Å². The summed E-state index contributed by atoms with van der Waals surface area (Å²) in [6.45, 7) is 3.28. The standard InChI is InChI=1S/C21H22N4O6S2/c1-14-21(15(2)31-22-14)33(29,30)24-11-9-23(10-12-24)19(26)13-25-17-7-3-5-16-6-4-8-18(20(16)17)32(25,27)28/h3-8H,9-13H2,1-2H3. The molecular formula is C21H22N4O6S2. The zero-order valence-corrected chi connectivity index (χ0v) is 19.7. The number of benzene rings is 2. The molecule has 0 atom stereocenters. The van der Waals surface area contributed by atoms with E-state index in [0.717, 1.165) is 9.69 Å². The van der Waals surface area contributed by atoms with Gasteiger partial charge in [0.15, 0.2) is 5.76 Å². The second-order valence-electron chi connectivity index (χ2n) is 8.08. The smallest absolute Gasteiger partial charge is 0.265 e. The van der Waals surface area contributed by atoms with Crippen LogP contribution >= 0.6 is 0 Å². The molecule has 1 aromatic heterocycles. The van der Waals surface area contributed by atoms with E-state index in [9.17, 15) is 21.6 Å². The average molecular weight is 491 g/mol. The molecule has 3 heterocycles. The van der Waals surface area contributed by atoms with Crippen molar-refractivity contribution in [1.82, 2.24) is 14.4 Å². The molecule has 0 radical (unpaired) electrons. The van der Waals surface area contributed by atoms with Crippen molar-refractivity contribution in [2.75, 3.05) is 37.0 Å². The van der Waals surface area contributed by atoms with Gasteiger partial charge in [-0.25, -0.2) is 16.8 Å². The van der Waals surface area contributed by atoms with Crippen molar-refractivity contribution in [2.24, 2.45) is 0 Å². The van der Waals surface area contributed by atoms with Gasteiger partial charge >= 0.3 is 0 Å². The molecule has 10 nitrogen and oxygen atoms in total. The molecule has 1 amide bonds. The molecule has 0 saturated carbocycles. The van der Waals surface area contributed by atoms with Crippen molar-refractivity contribution in [2.45, 2.75) is 23.6 Å². The summed E-state index contributed by atoms with van der Waals surface area (Å²) in [5.74, 6) is -0.156. The van der Waals surface area contributed by atoms with Crippen molar-refractivity contribution in [3.8, 4) is 0 Å². The maximum atomic E-state index is 13.1. The van der Waals surface area contributed by atoms with Crippen LogP contribution in [-0.2, 0) is 24.8 Å². The van der Waals surface area contributed by atoms with Crippen LogP contribution < -0.4 is 4.31 Å². The Morgan fingerprint density at radius 2 is 1.73 bits per heavy atom. The maximum Gasteiger partial charge on any atom is 0.265 e. The van der Waals surface area contributed by atoms with E-state index in [0.29, 0.717) is 16.8 Å². The van der Waals surface area contributed by atoms with Crippen LogP contribution in [0.2, 0.25) is 0 Å². The second-order valence-corrected chi connectivity index (χ2v) is 11.8. The molecule has 2 aliphatic rings. The molecule has 0 N–H and O–H groups in total. The maximum absolute atomic E-state index is 13.1. The number of anilines is 1. The molecule has 174 valence electrons. The highest BCUT2D eigenvalue weighted by atomic mass is 32.2. The van der Waals surface area contributed by atoms with Crippen LogP contribution in [-0.4, -0.2) is 69.8 Å². The van der Waals surface area contributed by atoms with E-state index in [2.05, 4.69) is 5.16 Å². The van der Waals surface area contributed by atoms with Gasteiger partial charge in [0, 0.05) is 31.6 Å². The minimum absolute atomic E-state index is 0.0521. The Balaban J connectivity index is 1.33. The van der Waals surface area contributed by atoms with Crippen LogP contribution in [0.4, 0.5) is 5.69 Å². The van der Waals surface area contributed by atoms with Crippen molar-refractivity contribution < 1.29 is 26.2 Å². The van der Waals surface area contributed by atoms with Gasteiger partial charge in [0.25, 0.3) is 10.0 Å². The first-order chi connectivity index (χ1) is 15.6. The number of sulfonamides is 2. The average Bonchev–Trinajstić information content (AvgIpc) is 3.24. The Kier molecular flexibility index (Phi) is 4.99. The number of carbonyl (C=O) groups is 1. The molecule has 2 aliphatic heterocycles. The second kappa shape index (κ2) is 7.54. The van der Waals surface area contributed by atoms with Gasteiger partial charge in [-0.3, -0.25) is 9.10 Å². The lowest BCUT2D eigenvalue weighted by atomic mass is 10.1. The van der Waals surface area contributed by atoms with Gasteiger partial charge in [-0.1, -0.05) is 29.4 Å². The molecule has 0 unspecified atom stereocenters. The Morgan fingerprint density at radius 1 is 1.06 bits per heavy atom. The fourth-order valence-corrected chi connectivity index (χ4v) is 7.87. The van der Waals surface area contributed by atoms with Crippen molar-refractivity contribution >= 4 is 42.4 Å².